The molecule has 2 nitrogen and oxygen atoms in total. The molecule has 0 amide bonds. The van der Waals surface area contributed by atoms with Gasteiger partial charge in [0.1, 0.15) is 0 Å². The van der Waals surface area contributed by atoms with Gasteiger partial charge in [-0.25, -0.2) is 0 Å². The number of para-hydroxylation sites is 2. The number of fused-ring (bicyclic) bond motifs is 6. The Morgan fingerprint density at radius 1 is 0.300 bits per heavy atom. The average molecular weight is 1040 g/mol. The van der Waals surface area contributed by atoms with Gasteiger partial charge in [0.2, 0.25) is 0 Å². The van der Waals surface area contributed by atoms with Gasteiger partial charge in [0.05, 0.1) is 5.41 Å². The summed E-state index contributed by atoms with van der Waals surface area (Å²) >= 11 is 0. The van der Waals surface area contributed by atoms with Crippen molar-refractivity contribution < 1.29 is 0 Å². The summed E-state index contributed by atoms with van der Waals surface area (Å²) in [6, 6.07) is 122. The zero-order valence-corrected chi connectivity index (χ0v) is 45.1. The third-order valence-corrected chi connectivity index (χ3v) is 21.8. The van der Waals surface area contributed by atoms with Crippen molar-refractivity contribution in [3.05, 3.63) is 350 Å². The van der Waals surface area contributed by atoms with Crippen molar-refractivity contribution in [3.63, 3.8) is 0 Å². The molecule has 0 unspecified atom stereocenters. The molecule has 15 rings (SSSR count). The topological polar surface area (TPSA) is 6.48 Å². The first-order chi connectivity index (χ1) is 39.7. The lowest BCUT2D eigenvalue weighted by Gasteiger charge is -2.45. The highest BCUT2D eigenvalue weighted by Gasteiger charge is 2.49. The fourth-order valence-corrected chi connectivity index (χ4v) is 18.7. The smallest absolute Gasteiger partial charge is 0.184 e. The molecule has 1 aliphatic heterocycles. The molecule has 0 fully saturated rings. The minimum absolute atomic E-state index is 0.542. The lowest BCUT2D eigenvalue weighted by molar-refractivity contribution is 0.768. The Morgan fingerprint density at radius 3 is 1.46 bits per heavy atom. The molecule has 13 aromatic rings. The monoisotopic (exact) mass is 1030 g/mol. The largest absolute Gasteiger partial charge is 0.311 e. The second-order valence-electron chi connectivity index (χ2n) is 21.1. The van der Waals surface area contributed by atoms with Gasteiger partial charge < -0.3 is 9.80 Å². The maximum Gasteiger partial charge on any atom is 0.184 e. The first-order valence-corrected chi connectivity index (χ1v) is 29.7. The van der Waals surface area contributed by atoms with E-state index in [9.17, 15) is 0 Å². The molecule has 0 atom stereocenters. The van der Waals surface area contributed by atoms with E-state index in [1.807, 2.05) is 0 Å². The third kappa shape index (κ3) is 7.39. The zero-order chi connectivity index (χ0) is 53.0. The Morgan fingerprint density at radius 2 is 0.787 bits per heavy atom. The zero-order valence-electron chi connectivity index (χ0n) is 44.1. The molecule has 376 valence electrons. The van der Waals surface area contributed by atoms with E-state index in [0.29, 0.717) is 0 Å². The maximum atomic E-state index is 2.52. The van der Waals surface area contributed by atoms with Crippen LogP contribution in [0.15, 0.2) is 328 Å². The quantitative estimate of drug-likeness (QED) is 0.126. The second-order valence-corrected chi connectivity index (χ2v) is 24.8. The fraction of sp³-hybridized carbons (Fsp3) is 0.0130. The Labute approximate surface area is 469 Å². The summed E-state index contributed by atoms with van der Waals surface area (Å²) in [7, 11) is -2.92. The van der Waals surface area contributed by atoms with E-state index in [1.165, 1.54) is 93.0 Å². The van der Waals surface area contributed by atoms with Crippen molar-refractivity contribution in [3.8, 4) is 33.4 Å². The summed E-state index contributed by atoms with van der Waals surface area (Å²) in [6.45, 7) is 0. The minimum Gasteiger partial charge on any atom is -0.311 e. The van der Waals surface area contributed by atoms with Crippen LogP contribution in [0, 0.1) is 0 Å². The predicted octanol–water partition coefficient (Wildman–Crippen LogP) is 17.2. The van der Waals surface area contributed by atoms with E-state index < -0.39 is 13.5 Å². The van der Waals surface area contributed by atoms with Gasteiger partial charge in [-0.2, -0.15) is 0 Å². The van der Waals surface area contributed by atoms with Gasteiger partial charge in [0, 0.05) is 34.1 Å². The van der Waals surface area contributed by atoms with Crippen LogP contribution >= 0.6 is 0 Å². The molecule has 0 radical (unpaired) electrons. The van der Waals surface area contributed by atoms with Gasteiger partial charge in [-0.1, -0.05) is 267 Å². The predicted molar refractivity (Wildman–Crippen MR) is 339 cm³/mol. The highest BCUT2D eigenvalue weighted by Crippen LogP contribution is 2.56. The van der Waals surface area contributed by atoms with Crippen molar-refractivity contribution in [1.29, 1.82) is 0 Å². The summed E-state index contributed by atoms with van der Waals surface area (Å²) in [6.07, 6.45) is 0. The SMILES string of the molecule is c1ccc(N2c3ccccc3[Si](c3ccccc3)(c3ccccc3)c3cc(-c4ccc(N(c5ccc(-c6cccc7ccccc67)cc5)c5cccc(C6(c7ccccc7)c7ccccc7-c7ccccc76)c5)cc4)ccc32)cc1. The van der Waals surface area contributed by atoms with Crippen molar-refractivity contribution in [2.45, 2.75) is 5.41 Å². The first kappa shape index (κ1) is 47.2. The third-order valence-electron chi connectivity index (χ3n) is 17.0. The van der Waals surface area contributed by atoms with Gasteiger partial charge >= 0.3 is 0 Å². The molecule has 3 heteroatoms. The van der Waals surface area contributed by atoms with Crippen molar-refractivity contribution in [1.82, 2.24) is 0 Å². The van der Waals surface area contributed by atoms with E-state index in [1.54, 1.807) is 0 Å². The van der Waals surface area contributed by atoms with Crippen molar-refractivity contribution in [2.75, 3.05) is 9.80 Å². The highest BCUT2D eigenvalue weighted by atomic mass is 28.3. The lowest BCUT2D eigenvalue weighted by Crippen LogP contribution is -2.77. The first-order valence-electron chi connectivity index (χ1n) is 27.7. The Hall–Kier alpha value is -10.1. The minimum atomic E-state index is -2.92. The summed E-state index contributed by atoms with van der Waals surface area (Å²) in [5.41, 5.74) is 18.7. The summed E-state index contributed by atoms with van der Waals surface area (Å²) in [4.78, 5) is 4.92. The van der Waals surface area contributed by atoms with Crippen LogP contribution in [0.2, 0.25) is 0 Å². The summed E-state index contributed by atoms with van der Waals surface area (Å²) < 4.78 is 0. The molecule has 13 aromatic carbocycles. The van der Waals surface area contributed by atoms with E-state index in [2.05, 4.69) is 337 Å². The van der Waals surface area contributed by atoms with E-state index in [0.717, 1.165) is 28.3 Å². The Kier molecular flexibility index (Phi) is 11.5. The number of benzene rings is 13. The van der Waals surface area contributed by atoms with E-state index >= 15 is 0 Å². The average Bonchev–Trinajstić information content (AvgIpc) is 4.02. The van der Waals surface area contributed by atoms with E-state index in [-0.39, 0.29) is 0 Å². The Balaban J connectivity index is 0.907. The molecule has 1 heterocycles. The van der Waals surface area contributed by atoms with Crippen LogP contribution in [0.25, 0.3) is 44.2 Å². The molecular formula is C77H54N2Si. The van der Waals surface area contributed by atoms with Crippen molar-refractivity contribution >= 4 is 73.7 Å². The fourth-order valence-electron chi connectivity index (χ4n) is 13.6. The van der Waals surface area contributed by atoms with Gasteiger partial charge in [-0.05, 0) is 148 Å². The van der Waals surface area contributed by atoms with Crippen LogP contribution in [0.3, 0.4) is 0 Å². The number of nitrogens with zero attached hydrogens (tertiary/aromatic N) is 2. The molecule has 0 spiro atoms. The van der Waals surface area contributed by atoms with Gasteiger partial charge in [-0.15, -0.1) is 0 Å². The van der Waals surface area contributed by atoms with Gasteiger partial charge in [0.25, 0.3) is 0 Å². The van der Waals surface area contributed by atoms with Crippen LogP contribution in [-0.2, 0) is 5.41 Å². The maximum absolute atomic E-state index is 2.92. The number of hydrogen-bond acceptors (Lipinski definition) is 2. The van der Waals surface area contributed by atoms with Crippen LogP contribution in [0.1, 0.15) is 22.3 Å². The molecule has 0 saturated carbocycles. The van der Waals surface area contributed by atoms with Crippen molar-refractivity contribution in [2.24, 2.45) is 0 Å². The molecule has 0 bridgehead atoms. The molecule has 80 heavy (non-hydrogen) atoms. The van der Waals surface area contributed by atoms with Crippen LogP contribution in [0.5, 0.6) is 0 Å². The summed E-state index contributed by atoms with van der Waals surface area (Å²) in [5, 5.41) is 7.96. The second kappa shape index (κ2) is 19.4. The molecule has 0 aromatic heterocycles. The molecule has 0 N–H and O–H groups in total. The normalized spacial score (nSPS) is 13.4. The molecule has 0 saturated heterocycles. The van der Waals surface area contributed by atoms with Gasteiger partial charge in [-0.3, -0.25) is 0 Å². The molecule has 2 aliphatic rings. The van der Waals surface area contributed by atoms with Crippen LogP contribution in [0.4, 0.5) is 34.1 Å². The van der Waals surface area contributed by atoms with Crippen LogP contribution < -0.4 is 30.5 Å². The number of anilines is 6. The molecular weight excluding hydrogens is 981 g/mol. The molecule has 1 aliphatic carbocycles. The lowest BCUT2D eigenvalue weighted by atomic mass is 9.67. The Bertz CT molecular complexity index is 4310. The summed E-state index contributed by atoms with van der Waals surface area (Å²) in [5.74, 6) is 0. The van der Waals surface area contributed by atoms with Crippen LogP contribution in [-0.4, -0.2) is 8.07 Å². The number of hydrogen-bond donors (Lipinski definition) is 0. The standard InChI is InChI=1S/C77H54N2Si/c1-5-25-59(26-6-1)77(71-39-17-15-36-69(71)70-37-16-18-40-72(70)77)60-27-22-30-64(54-60)78(63-50-45-57(46-51-63)68-38-21-24-56-23-13-14-35-67(56)68)62-48-43-55(44-49-62)58-47-52-74-76(53-58)80(65-31-9-3-10-32-65,66-33-11-4-12-34-66)75-42-20-19-41-73(75)79(74)61-28-7-2-8-29-61/h1-54H. The highest BCUT2D eigenvalue weighted by molar-refractivity contribution is 7.21. The number of rotatable bonds is 10. The van der Waals surface area contributed by atoms with Gasteiger partial charge in [0.15, 0.2) is 8.07 Å². The van der Waals surface area contributed by atoms with E-state index in [4.69, 9.17) is 0 Å².